The van der Waals surface area contributed by atoms with Crippen molar-refractivity contribution < 1.29 is 9.53 Å². The smallest absolute Gasteiger partial charge is 0.255 e. The summed E-state index contributed by atoms with van der Waals surface area (Å²) in [6.45, 7) is 7.44. The molecule has 3 rings (SSSR count). The number of nitrogens with zero attached hydrogens (tertiary/aromatic N) is 2. The minimum absolute atomic E-state index is 0.0626. The number of carbonyl (C=O) groups excluding carboxylic acids is 1. The first-order valence-electron chi connectivity index (χ1n) is 8.52. The molecule has 0 N–H and O–H groups in total. The number of rotatable bonds is 2. The van der Waals surface area contributed by atoms with Crippen LogP contribution in [0.1, 0.15) is 35.2 Å². The Balaban J connectivity index is 1.58. The maximum absolute atomic E-state index is 12.7. The van der Waals surface area contributed by atoms with Crippen molar-refractivity contribution in [2.45, 2.75) is 32.2 Å². The van der Waals surface area contributed by atoms with Gasteiger partial charge in [0.1, 0.15) is 0 Å². The lowest BCUT2D eigenvalue weighted by Gasteiger charge is -2.38. The SMILES string of the molecule is Cc1ccc(C(=O)N2CCC(N3CCCOCC3)CC2)c(Cl)c1. The molecule has 0 saturated carbocycles. The molecule has 126 valence electrons. The highest BCUT2D eigenvalue weighted by molar-refractivity contribution is 6.33. The number of carbonyl (C=O) groups is 1. The van der Waals surface area contributed by atoms with Crippen molar-refractivity contribution in [3.8, 4) is 0 Å². The summed E-state index contributed by atoms with van der Waals surface area (Å²) < 4.78 is 5.53. The number of benzene rings is 1. The number of likely N-dealkylation sites (tertiary alicyclic amines) is 1. The highest BCUT2D eigenvalue weighted by Crippen LogP contribution is 2.23. The Hall–Kier alpha value is -1.10. The fourth-order valence-corrected chi connectivity index (χ4v) is 3.84. The van der Waals surface area contributed by atoms with Gasteiger partial charge in [0.2, 0.25) is 0 Å². The molecule has 1 aromatic carbocycles. The van der Waals surface area contributed by atoms with Gasteiger partial charge in [0.05, 0.1) is 17.2 Å². The fourth-order valence-electron chi connectivity index (χ4n) is 3.53. The van der Waals surface area contributed by atoms with Gasteiger partial charge in [0.25, 0.3) is 5.91 Å². The summed E-state index contributed by atoms with van der Waals surface area (Å²) in [6, 6.07) is 6.23. The van der Waals surface area contributed by atoms with Crippen molar-refractivity contribution in [2.24, 2.45) is 0 Å². The van der Waals surface area contributed by atoms with Crippen molar-refractivity contribution in [1.29, 1.82) is 0 Å². The van der Waals surface area contributed by atoms with Gasteiger partial charge in [-0.1, -0.05) is 17.7 Å². The van der Waals surface area contributed by atoms with Gasteiger partial charge in [-0.2, -0.15) is 0 Å². The Morgan fingerprint density at radius 2 is 1.96 bits per heavy atom. The van der Waals surface area contributed by atoms with E-state index in [2.05, 4.69) is 4.90 Å². The number of piperidine rings is 1. The van der Waals surface area contributed by atoms with E-state index in [1.165, 1.54) is 0 Å². The van der Waals surface area contributed by atoms with Crippen LogP contribution in [0.25, 0.3) is 0 Å². The van der Waals surface area contributed by atoms with Crippen LogP contribution in [0.15, 0.2) is 18.2 Å². The molecule has 0 bridgehead atoms. The number of aryl methyl sites for hydroxylation is 1. The normalized spacial score (nSPS) is 21.2. The molecule has 0 aromatic heterocycles. The van der Waals surface area contributed by atoms with Gasteiger partial charge in [-0.3, -0.25) is 9.69 Å². The first kappa shape index (κ1) is 16.7. The Labute approximate surface area is 143 Å². The maximum Gasteiger partial charge on any atom is 0.255 e. The van der Waals surface area contributed by atoms with Gasteiger partial charge in [-0.05, 0) is 43.9 Å². The van der Waals surface area contributed by atoms with Gasteiger partial charge >= 0.3 is 0 Å². The van der Waals surface area contributed by atoms with E-state index in [1.54, 1.807) is 0 Å². The minimum atomic E-state index is 0.0626. The molecule has 23 heavy (non-hydrogen) atoms. The van der Waals surface area contributed by atoms with Gasteiger partial charge < -0.3 is 9.64 Å². The van der Waals surface area contributed by atoms with Crippen LogP contribution < -0.4 is 0 Å². The molecule has 1 amide bonds. The molecule has 4 nitrogen and oxygen atoms in total. The number of hydrogen-bond acceptors (Lipinski definition) is 3. The van der Waals surface area contributed by atoms with Crippen molar-refractivity contribution in [3.63, 3.8) is 0 Å². The summed E-state index contributed by atoms with van der Waals surface area (Å²) in [5.41, 5.74) is 1.70. The van der Waals surface area contributed by atoms with Crippen molar-refractivity contribution >= 4 is 17.5 Å². The van der Waals surface area contributed by atoms with E-state index in [1.807, 2.05) is 30.0 Å². The van der Waals surface area contributed by atoms with Crippen LogP contribution in [0.3, 0.4) is 0 Å². The molecule has 2 saturated heterocycles. The zero-order valence-electron chi connectivity index (χ0n) is 13.8. The second-order valence-corrected chi connectivity index (χ2v) is 6.92. The number of ether oxygens (including phenoxy) is 1. The minimum Gasteiger partial charge on any atom is -0.380 e. The predicted molar refractivity (Wildman–Crippen MR) is 92.1 cm³/mol. The third kappa shape index (κ3) is 4.06. The maximum atomic E-state index is 12.7. The van der Waals surface area contributed by atoms with Crippen molar-refractivity contribution in [3.05, 3.63) is 34.3 Å². The first-order chi connectivity index (χ1) is 11.1. The average Bonchev–Trinajstić information content (AvgIpc) is 2.84. The molecule has 0 radical (unpaired) electrons. The Morgan fingerprint density at radius 1 is 1.17 bits per heavy atom. The topological polar surface area (TPSA) is 32.8 Å². The molecule has 5 heteroatoms. The molecule has 2 aliphatic heterocycles. The van der Waals surface area contributed by atoms with E-state index in [-0.39, 0.29) is 5.91 Å². The molecule has 2 heterocycles. The third-order valence-electron chi connectivity index (χ3n) is 4.88. The Kier molecular flexibility index (Phi) is 5.57. The summed E-state index contributed by atoms with van der Waals surface area (Å²) in [5.74, 6) is 0.0626. The molecule has 0 unspecified atom stereocenters. The van der Waals surface area contributed by atoms with Gasteiger partial charge in [0.15, 0.2) is 0 Å². The van der Waals surface area contributed by atoms with Crippen LogP contribution in [-0.2, 0) is 4.74 Å². The van der Waals surface area contributed by atoms with E-state index in [4.69, 9.17) is 16.3 Å². The van der Waals surface area contributed by atoms with Crippen molar-refractivity contribution in [2.75, 3.05) is 39.4 Å². The third-order valence-corrected chi connectivity index (χ3v) is 5.19. The van der Waals surface area contributed by atoms with Crippen LogP contribution in [-0.4, -0.2) is 61.1 Å². The monoisotopic (exact) mass is 336 g/mol. The van der Waals surface area contributed by atoms with Crippen molar-refractivity contribution in [1.82, 2.24) is 9.80 Å². The zero-order chi connectivity index (χ0) is 16.2. The Morgan fingerprint density at radius 3 is 2.70 bits per heavy atom. The average molecular weight is 337 g/mol. The quantitative estimate of drug-likeness (QED) is 0.832. The van der Waals surface area contributed by atoms with Crippen LogP contribution in [0.2, 0.25) is 5.02 Å². The highest BCUT2D eigenvalue weighted by Gasteiger charge is 2.28. The molecule has 2 aliphatic rings. The number of amides is 1. The summed E-state index contributed by atoms with van der Waals surface area (Å²) >= 11 is 6.24. The number of halogens is 1. The molecular formula is C18H25ClN2O2. The Bertz CT molecular complexity index is 548. The van der Waals surface area contributed by atoms with E-state index in [9.17, 15) is 4.79 Å². The largest absolute Gasteiger partial charge is 0.380 e. The van der Waals surface area contributed by atoms with Gasteiger partial charge in [0, 0.05) is 38.8 Å². The predicted octanol–water partition coefficient (Wildman–Crippen LogP) is 2.98. The van der Waals surface area contributed by atoms with E-state index < -0.39 is 0 Å². The molecule has 2 fully saturated rings. The van der Waals surface area contributed by atoms with Crippen LogP contribution in [0.5, 0.6) is 0 Å². The lowest BCUT2D eigenvalue weighted by atomic mass is 10.0. The van der Waals surface area contributed by atoms with E-state index >= 15 is 0 Å². The van der Waals surface area contributed by atoms with Crippen LogP contribution in [0.4, 0.5) is 0 Å². The summed E-state index contributed by atoms with van der Waals surface area (Å²) in [5, 5.41) is 0.557. The first-order valence-corrected chi connectivity index (χ1v) is 8.90. The fraction of sp³-hybridized carbons (Fsp3) is 0.611. The second kappa shape index (κ2) is 7.65. The van der Waals surface area contributed by atoms with Crippen LogP contribution in [0, 0.1) is 6.92 Å². The zero-order valence-corrected chi connectivity index (χ0v) is 14.5. The summed E-state index contributed by atoms with van der Waals surface area (Å²) in [7, 11) is 0. The lowest BCUT2D eigenvalue weighted by molar-refractivity contribution is 0.0609. The van der Waals surface area contributed by atoms with Crippen LogP contribution >= 0.6 is 11.6 Å². The molecule has 0 spiro atoms. The molecule has 0 aliphatic carbocycles. The number of hydrogen-bond donors (Lipinski definition) is 0. The lowest BCUT2D eigenvalue weighted by Crippen LogP contribution is -2.47. The van der Waals surface area contributed by atoms with E-state index in [0.29, 0.717) is 16.6 Å². The molecular weight excluding hydrogens is 312 g/mol. The van der Waals surface area contributed by atoms with Gasteiger partial charge in [-0.15, -0.1) is 0 Å². The summed E-state index contributed by atoms with van der Waals surface area (Å²) in [4.78, 5) is 17.2. The standard InChI is InChI=1S/C18H25ClN2O2/c1-14-3-4-16(17(19)13-14)18(22)21-8-5-15(6-9-21)20-7-2-11-23-12-10-20/h3-4,13,15H,2,5-12H2,1H3. The highest BCUT2D eigenvalue weighted by atomic mass is 35.5. The molecule has 0 atom stereocenters. The van der Waals surface area contributed by atoms with E-state index in [0.717, 1.165) is 64.2 Å². The van der Waals surface area contributed by atoms with Gasteiger partial charge in [-0.25, -0.2) is 0 Å². The second-order valence-electron chi connectivity index (χ2n) is 6.51. The molecule has 1 aromatic rings. The summed E-state index contributed by atoms with van der Waals surface area (Å²) in [6.07, 6.45) is 3.18.